The molecule has 0 aliphatic carbocycles. The third-order valence-corrected chi connectivity index (χ3v) is 5.10. The summed E-state index contributed by atoms with van der Waals surface area (Å²) in [5.41, 5.74) is 2.27. The van der Waals surface area contributed by atoms with Crippen molar-refractivity contribution < 1.29 is 5.11 Å². The van der Waals surface area contributed by atoms with Crippen molar-refractivity contribution in [2.24, 2.45) is 0 Å². The fourth-order valence-electron chi connectivity index (χ4n) is 3.89. The van der Waals surface area contributed by atoms with Gasteiger partial charge in [-0.05, 0) is 36.9 Å². The SMILES string of the molecule is Oc1c([C@H](c2ccccc2)N2CCCCC2)ccc2ccccc12. The second-order valence-electron chi connectivity index (χ2n) is 6.63. The Labute approximate surface area is 143 Å². The first-order valence-electron chi connectivity index (χ1n) is 8.84. The molecular weight excluding hydrogens is 294 g/mol. The molecule has 3 aromatic carbocycles. The number of likely N-dealkylation sites (tertiary alicyclic amines) is 1. The van der Waals surface area contributed by atoms with E-state index in [4.69, 9.17) is 0 Å². The van der Waals surface area contributed by atoms with Crippen molar-refractivity contribution in [2.75, 3.05) is 13.1 Å². The zero-order valence-corrected chi connectivity index (χ0v) is 13.9. The van der Waals surface area contributed by atoms with E-state index in [2.05, 4.69) is 53.4 Å². The second-order valence-corrected chi connectivity index (χ2v) is 6.63. The molecule has 2 nitrogen and oxygen atoms in total. The van der Waals surface area contributed by atoms with E-state index >= 15 is 0 Å². The average Bonchev–Trinajstić information content (AvgIpc) is 2.66. The van der Waals surface area contributed by atoms with Crippen molar-refractivity contribution in [3.05, 3.63) is 77.9 Å². The summed E-state index contributed by atoms with van der Waals surface area (Å²) in [4.78, 5) is 2.52. The van der Waals surface area contributed by atoms with E-state index in [1.54, 1.807) is 0 Å². The maximum Gasteiger partial charge on any atom is 0.128 e. The van der Waals surface area contributed by atoms with Crippen LogP contribution in [0.5, 0.6) is 5.75 Å². The van der Waals surface area contributed by atoms with Crippen LogP contribution in [0.15, 0.2) is 66.7 Å². The molecule has 122 valence electrons. The van der Waals surface area contributed by atoms with Gasteiger partial charge in [0, 0.05) is 10.9 Å². The molecule has 1 aliphatic rings. The van der Waals surface area contributed by atoms with Gasteiger partial charge in [0.15, 0.2) is 0 Å². The first kappa shape index (κ1) is 15.2. The minimum absolute atomic E-state index is 0.121. The second kappa shape index (κ2) is 6.66. The van der Waals surface area contributed by atoms with Gasteiger partial charge in [-0.3, -0.25) is 4.90 Å². The monoisotopic (exact) mass is 317 g/mol. The van der Waals surface area contributed by atoms with Gasteiger partial charge in [0.2, 0.25) is 0 Å². The topological polar surface area (TPSA) is 23.5 Å². The highest BCUT2D eigenvalue weighted by Crippen LogP contribution is 2.39. The summed E-state index contributed by atoms with van der Waals surface area (Å²) in [5.74, 6) is 0.424. The van der Waals surface area contributed by atoms with Crippen LogP contribution in [0.3, 0.4) is 0 Å². The Kier molecular flexibility index (Phi) is 4.22. The number of nitrogens with zero attached hydrogens (tertiary/aromatic N) is 1. The van der Waals surface area contributed by atoms with Gasteiger partial charge < -0.3 is 5.11 Å². The van der Waals surface area contributed by atoms with Gasteiger partial charge in [0.25, 0.3) is 0 Å². The van der Waals surface area contributed by atoms with E-state index in [1.165, 1.54) is 24.8 Å². The summed E-state index contributed by atoms with van der Waals surface area (Å²) in [5, 5.41) is 13.0. The highest BCUT2D eigenvalue weighted by atomic mass is 16.3. The molecule has 0 aromatic heterocycles. The number of hydrogen-bond acceptors (Lipinski definition) is 2. The molecule has 0 unspecified atom stereocenters. The minimum Gasteiger partial charge on any atom is -0.507 e. The predicted molar refractivity (Wildman–Crippen MR) is 99.3 cm³/mol. The molecule has 1 saturated heterocycles. The first-order valence-corrected chi connectivity index (χ1v) is 8.84. The molecule has 0 radical (unpaired) electrons. The van der Waals surface area contributed by atoms with E-state index in [9.17, 15) is 5.11 Å². The van der Waals surface area contributed by atoms with Crippen molar-refractivity contribution in [3.63, 3.8) is 0 Å². The average molecular weight is 317 g/mol. The molecule has 0 saturated carbocycles. The Bertz CT molecular complexity index is 822. The number of fused-ring (bicyclic) bond motifs is 1. The summed E-state index contributed by atoms with van der Waals surface area (Å²) in [6.07, 6.45) is 3.77. The Morgan fingerprint density at radius 3 is 2.25 bits per heavy atom. The van der Waals surface area contributed by atoms with Gasteiger partial charge in [0.1, 0.15) is 5.75 Å². The number of benzene rings is 3. The highest BCUT2D eigenvalue weighted by Gasteiger charge is 2.26. The smallest absolute Gasteiger partial charge is 0.128 e. The zero-order valence-electron chi connectivity index (χ0n) is 13.9. The lowest BCUT2D eigenvalue weighted by molar-refractivity contribution is 0.185. The lowest BCUT2D eigenvalue weighted by Crippen LogP contribution is -2.34. The van der Waals surface area contributed by atoms with Crippen LogP contribution in [0.4, 0.5) is 0 Å². The van der Waals surface area contributed by atoms with Crippen LogP contribution < -0.4 is 0 Å². The number of hydrogen-bond donors (Lipinski definition) is 1. The van der Waals surface area contributed by atoms with Crippen LogP contribution in [0, 0.1) is 0 Å². The third kappa shape index (κ3) is 2.78. The highest BCUT2D eigenvalue weighted by molar-refractivity contribution is 5.89. The Balaban J connectivity index is 1.85. The van der Waals surface area contributed by atoms with Crippen LogP contribution in [0.1, 0.15) is 36.4 Å². The van der Waals surface area contributed by atoms with E-state index < -0.39 is 0 Å². The summed E-state index contributed by atoms with van der Waals surface area (Å²) in [6, 6.07) is 23.0. The summed E-state index contributed by atoms with van der Waals surface area (Å²) in [7, 11) is 0. The molecule has 24 heavy (non-hydrogen) atoms. The lowest BCUT2D eigenvalue weighted by Gasteiger charge is -2.35. The van der Waals surface area contributed by atoms with Gasteiger partial charge in [-0.1, -0.05) is 73.2 Å². The maximum atomic E-state index is 11.0. The summed E-state index contributed by atoms with van der Waals surface area (Å²) < 4.78 is 0. The Morgan fingerprint density at radius 2 is 1.46 bits per heavy atom. The van der Waals surface area contributed by atoms with Gasteiger partial charge >= 0.3 is 0 Å². The van der Waals surface area contributed by atoms with Crippen LogP contribution in [-0.2, 0) is 0 Å². The van der Waals surface area contributed by atoms with E-state index in [0.717, 1.165) is 29.4 Å². The fraction of sp³-hybridized carbons (Fsp3) is 0.273. The minimum atomic E-state index is 0.121. The zero-order chi connectivity index (χ0) is 16.4. The van der Waals surface area contributed by atoms with Crippen molar-refractivity contribution in [3.8, 4) is 5.75 Å². The molecule has 0 bridgehead atoms. The van der Waals surface area contributed by atoms with Crippen LogP contribution in [0.25, 0.3) is 10.8 Å². The molecule has 2 heteroatoms. The summed E-state index contributed by atoms with van der Waals surface area (Å²) in [6.45, 7) is 2.18. The maximum absolute atomic E-state index is 11.0. The lowest BCUT2D eigenvalue weighted by atomic mass is 9.92. The quantitative estimate of drug-likeness (QED) is 0.724. The number of aromatic hydroxyl groups is 1. The van der Waals surface area contributed by atoms with Gasteiger partial charge in [-0.2, -0.15) is 0 Å². The molecule has 1 N–H and O–H groups in total. The van der Waals surface area contributed by atoms with Gasteiger partial charge in [-0.25, -0.2) is 0 Å². The number of phenolic OH excluding ortho intramolecular Hbond substituents is 1. The molecule has 0 spiro atoms. The third-order valence-electron chi connectivity index (χ3n) is 5.10. The fourth-order valence-corrected chi connectivity index (χ4v) is 3.89. The normalized spacial score (nSPS) is 17.0. The Morgan fingerprint density at radius 1 is 0.750 bits per heavy atom. The molecule has 4 rings (SSSR count). The number of phenols is 1. The largest absolute Gasteiger partial charge is 0.507 e. The van der Waals surface area contributed by atoms with Crippen molar-refractivity contribution in [1.82, 2.24) is 4.90 Å². The van der Waals surface area contributed by atoms with Crippen molar-refractivity contribution in [1.29, 1.82) is 0 Å². The first-order chi connectivity index (χ1) is 11.8. The molecule has 3 aromatic rings. The molecule has 1 aliphatic heterocycles. The van der Waals surface area contributed by atoms with E-state index in [-0.39, 0.29) is 6.04 Å². The van der Waals surface area contributed by atoms with Crippen LogP contribution >= 0.6 is 0 Å². The number of rotatable bonds is 3. The van der Waals surface area contributed by atoms with Crippen molar-refractivity contribution in [2.45, 2.75) is 25.3 Å². The molecule has 0 amide bonds. The standard InChI is InChI=1S/C22H23NO/c24-22-19-12-6-5-9-17(19)13-14-20(22)21(18-10-3-1-4-11-18)23-15-7-2-8-16-23/h1,3-6,9-14,21,24H,2,7-8,15-16H2/t21-/m0/s1. The molecular formula is C22H23NO. The van der Waals surface area contributed by atoms with Crippen LogP contribution in [-0.4, -0.2) is 23.1 Å². The molecule has 1 atom stereocenters. The number of piperidine rings is 1. The predicted octanol–water partition coefficient (Wildman–Crippen LogP) is 5.12. The van der Waals surface area contributed by atoms with E-state index in [0.29, 0.717) is 5.75 Å². The summed E-state index contributed by atoms with van der Waals surface area (Å²) >= 11 is 0. The molecule has 1 fully saturated rings. The van der Waals surface area contributed by atoms with Crippen LogP contribution in [0.2, 0.25) is 0 Å². The molecule has 1 heterocycles. The Hall–Kier alpha value is -2.32. The van der Waals surface area contributed by atoms with Gasteiger partial charge in [-0.15, -0.1) is 0 Å². The van der Waals surface area contributed by atoms with Gasteiger partial charge in [0.05, 0.1) is 6.04 Å². The van der Waals surface area contributed by atoms with Crippen molar-refractivity contribution >= 4 is 10.8 Å². The van der Waals surface area contributed by atoms with E-state index in [1.807, 2.05) is 18.2 Å².